The van der Waals surface area contributed by atoms with Gasteiger partial charge >= 0.3 is 0 Å². The molecule has 3 rings (SSSR count). The SMILES string of the molecule is CCC(Nc1c(Nc2cccc(C(=O)N(C)C)c2O)c(=O)c1=O)c1ccccc1Cl. The minimum absolute atomic E-state index is 0.0373. The Morgan fingerprint density at radius 3 is 2.37 bits per heavy atom. The lowest BCUT2D eigenvalue weighted by Gasteiger charge is -2.23. The molecule has 0 aliphatic rings. The third-order valence-electron chi connectivity index (χ3n) is 4.85. The molecule has 3 aromatic rings. The number of nitrogens with one attached hydrogen (secondary N) is 2. The van der Waals surface area contributed by atoms with Crippen LogP contribution < -0.4 is 21.5 Å². The van der Waals surface area contributed by atoms with E-state index in [4.69, 9.17) is 11.6 Å². The quantitative estimate of drug-likeness (QED) is 0.393. The summed E-state index contributed by atoms with van der Waals surface area (Å²) < 4.78 is 0. The van der Waals surface area contributed by atoms with Gasteiger partial charge in [-0.25, -0.2) is 0 Å². The molecule has 0 bridgehead atoms. The third-order valence-corrected chi connectivity index (χ3v) is 5.19. The number of aromatic hydroxyl groups is 1. The summed E-state index contributed by atoms with van der Waals surface area (Å²) in [5, 5.41) is 16.9. The van der Waals surface area contributed by atoms with Crippen LogP contribution in [0, 0.1) is 0 Å². The van der Waals surface area contributed by atoms with Gasteiger partial charge in [-0.3, -0.25) is 14.4 Å². The van der Waals surface area contributed by atoms with E-state index in [1.54, 1.807) is 26.2 Å². The fraction of sp³-hybridized carbons (Fsp3) is 0.227. The van der Waals surface area contributed by atoms with Gasteiger partial charge in [-0.15, -0.1) is 0 Å². The van der Waals surface area contributed by atoms with Gasteiger partial charge in [-0.1, -0.05) is 42.8 Å². The van der Waals surface area contributed by atoms with Gasteiger partial charge in [0.15, 0.2) is 5.75 Å². The maximum Gasteiger partial charge on any atom is 0.257 e. The van der Waals surface area contributed by atoms with Gasteiger partial charge in [0.2, 0.25) is 0 Å². The van der Waals surface area contributed by atoms with E-state index in [-0.39, 0.29) is 40.3 Å². The molecular formula is C22H22ClN3O4. The van der Waals surface area contributed by atoms with Gasteiger partial charge in [-0.05, 0) is 30.2 Å². The summed E-state index contributed by atoms with van der Waals surface area (Å²) in [5.41, 5.74) is -0.143. The van der Waals surface area contributed by atoms with Crippen LogP contribution in [0.4, 0.5) is 17.1 Å². The number of carbonyl (C=O) groups is 1. The van der Waals surface area contributed by atoms with Gasteiger partial charge in [0.1, 0.15) is 11.4 Å². The van der Waals surface area contributed by atoms with Gasteiger partial charge in [-0.2, -0.15) is 0 Å². The molecule has 8 heteroatoms. The Hall–Kier alpha value is -3.32. The van der Waals surface area contributed by atoms with Crippen molar-refractivity contribution in [3.05, 3.63) is 79.1 Å². The smallest absolute Gasteiger partial charge is 0.257 e. The van der Waals surface area contributed by atoms with Crippen molar-refractivity contribution in [3.8, 4) is 5.75 Å². The van der Waals surface area contributed by atoms with Crippen LogP contribution >= 0.6 is 11.6 Å². The first-order valence-corrected chi connectivity index (χ1v) is 9.79. The Labute approximate surface area is 178 Å². The number of phenols is 1. The summed E-state index contributed by atoms with van der Waals surface area (Å²) >= 11 is 6.27. The van der Waals surface area contributed by atoms with Crippen molar-refractivity contribution in [2.45, 2.75) is 19.4 Å². The molecule has 0 radical (unpaired) electrons. The highest BCUT2D eigenvalue weighted by atomic mass is 35.5. The predicted molar refractivity (Wildman–Crippen MR) is 119 cm³/mol. The van der Waals surface area contributed by atoms with Crippen molar-refractivity contribution in [2.24, 2.45) is 0 Å². The number of hydrogen-bond acceptors (Lipinski definition) is 6. The monoisotopic (exact) mass is 427 g/mol. The van der Waals surface area contributed by atoms with E-state index >= 15 is 0 Å². The molecule has 0 spiro atoms. The maximum atomic E-state index is 12.2. The van der Waals surface area contributed by atoms with Gasteiger partial charge in [0.05, 0.1) is 17.3 Å². The minimum Gasteiger partial charge on any atom is -0.505 e. The summed E-state index contributed by atoms with van der Waals surface area (Å²) in [6.45, 7) is 1.93. The minimum atomic E-state index is -0.699. The van der Waals surface area contributed by atoms with Crippen molar-refractivity contribution >= 4 is 34.6 Å². The van der Waals surface area contributed by atoms with Crippen molar-refractivity contribution in [1.82, 2.24) is 4.90 Å². The molecule has 156 valence electrons. The molecule has 0 aromatic heterocycles. The Kier molecular flexibility index (Phi) is 6.12. The highest BCUT2D eigenvalue weighted by Crippen LogP contribution is 2.34. The van der Waals surface area contributed by atoms with Crippen LogP contribution in [0.3, 0.4) is 0 Å². The zero-order valence-electron chi connectivity index (χ0n) is 16.8. The van der Waals surface area contributed by atoms with Gasteiger partial charge in [0.25, 0.3) is 16.8 Å². The predicted octanol–water partition coefficient (Wildman–Crippen LogP) is 3.65. The van der Waals surface area contributed by atoms with Crippen LogP contribution in [-0.4, -0.2) is 30.0 Å². The number of anilines is 3. The first kappa shape index (κ1) is 21.4. The molecule has 1 atom stereocenters. The molecule has 0 aliphatic carbocycles. The lowest BCUT2D eigenvalue weighted by atomic mass is 10.0. The molecular weight excluding hydrogens is 406 g/mol. The third kappa shape index (κ3) is 3.89. The summed E-state index contributed by atoms with van der Waals surface area (Å²) in [7, 11) is 3.14. The Morgan fingerprint density at radius 2 is 1.73 bits per heavy atom. The number of rotatable bonds is 7. The van der Waals surface area contributed by atoms with Crippen LogP contribution in [0.25, 0.3) is 0 Å². The van der Waals surface area contributed by atoms with Gasteiger partial charge < -0.3 is 20.6 Å². The van der Waals surface area contributed by atoms with Crippen LogP contribution in [0.2, 0.25) is 5.02 Å². The summed E-state index contributed by atoms with van der Waals surface area (Å²) in [5.74, 6) is -0.683. The zero-order chi connectivity index (χ0) is 22.0. The van der Waals surface area contributed by atoms with Crippen LogP contribution in [0.5, 0.6) is 5.75 Å². The van der Waals surface area contributed by atoms with E-state index in [1.165, 1.54) is 17.0 Å². The average molecular weight is 428 g/mol. The highest BCUT2D eigenvalue weighted by Gasteiger charge is 2.26. The number of benzene rings is 2. The van der Waals surface area contributed by atoms with E-state index in [1.807, 2.05) is 25.1 Å². The summed E-state index contributed by atoms with van der Waals surface area (Å²) in [6.07, 6.45) is 0.625. The Balaban J connectivity index is 1.92. The molecule has 0 saturated carbocycles. The topological polar surface area (TPSA) is 98.7 Å². The maximum absolute atomic E-state index is 12.2. The van der Waals surface area contributed by atoms with E-state index in [0.29, 0.717) is 11.4 Å². The number of phenolic OH excluding ortho intramolecular Hbond substituents is 1. The molecule has 3 aromatic carbocycles. The van der Waals surface area contributed by atoms with Gasteiger partial charge in [0, 0.05) is 19.1 Å². The fourth-order valence-electron chi connectivity index (χ4n) is 3.17. The van der Waals surface area contributed by atoms with E-state index in [2.05, 4.69) is 10.6 Å². The second-order valence-corrected chi connectivity index (χ2v) is 7.47. The van der Waals surface area contributed by atoms with E-state index < -0.39 is 10.9 Å². The number of amides is 1. The van der Waals surface area contributed by atoms with Crippen molar-refractivity contribution in [3.63, 3.8) is 0 Å². The standard InChI is InChI=1S/C22H22ClN3O4/c1-4-15(12-8-5-6-10-14(12)23)24-17-18(21(29)20(17)28)25-16-11-7-9-13(19(16)27)22(30)26(2)3/h5-11,15,24-25,27H,4H2,1-3H3. The lowest BCUT2D eigenvalue weighted by molar-refractivity contribution is 0.0824. The molecule has 30 heavy (non-hydrogen) atoms. The molecule has 7 nitrogen and oxygen atoms in total. The number of carbonyl (C=O) groups excluding carboxylic acids is 1. The number of nitrogens with zero attached hydrogens (tertiary/aromatic N) is 1. The average Bonchev–Trinajstić information content (AvgIpc) is 2.74. The first-order chi connectivity index (χ1) is 14.3. The molecule has 0 heterocycles. The largest absolute Gasteiger partial charge is 0.505 e. The summed E-state index contributed by atoms with van der Waals surface area (Å²) in [6, 6.07) is 11.6. The van der Waals surface area contributed by atoms with Crippen molar-refractivity contribution < 1.29 is 9.90 Å². The fourth-order valence-corrected chi connectivity index (χ4v) is 3.44. The lowest BCUT2D eigenvalue weighted by Crippen LogP contribution is -2.37. The van der Waals surface area contributed by atoms with Crippen molar-refractivity contribution in [2.75, 3.05) is 24.7 Å². The van der Waals surface area contributed by atoms with E-state index in [0.717, 1.165) is 5.56 Å². The second-order valence-electron chi connectivity index (χ2n) is 7.06. The summed E-state index contributed by atoms with van der Waals surface area (Å²) in [4.78, 5) is 38.0. The molecule has 0 saturated heterocycles. The second kappa shape index (κ2) is 8.59. The molecule has 1 amide bonds. The molecule has 0 fully saturated rings. The highest BCUT2D eigenvalue weighted by molar-refractivity contribution is 6.31. The van der Waals surface area contributed by atoms with Crippen LogP contribution in [-0.2, 0) is 0 Å². The first-order valence-electron chi connectivity index (χ1n) is 9.41. The molecule has 0 aliphatic heterocycles. The van der Waals surface area contributed by atoms with Crippen LogP contribution in [0.15, 0.2) is 52.1 Å². The zero-order valence-corrected chi connectivity index (χ0v) is 17.6. The van der Waals surface area contributed by atoms with Crippen LogP contribution in [0.1, 0.15) is 35.3 Å². The number of para-hydroxylation sites is 1. The molecule has 1 unspecified atom stereocenters. The Morgan fingerprint density at radius 1 is 1.07 bits per heavy atom. The number of hydrogen-bond donors (Lipinski definition) is 3. The number of halogens is 1. The Bertz CT molecular complexity index is 1170. The molecule has 3 N–H and O–H groups in total. The van der Waals surface area contributed by atoms with E-state index in [9.17, 15) is 19.5 Å². The van der Waals surface area contributed by atoms with Crippen molar-refractivity contribution in [1.29, 1.82) is 0 Å². The normalized spacial score (nSPS) is 11.9.